The largest absolute Gasteiger partial charge is 0.357 e. The van der Waals surface area contributed by atoms with Gasteiger partial charge in [0.15, 0.2) is 5.96 Å². The van der Waals surface area contributed by atoms with Gasteiger partial charge in [0.25, 0.3) is 0 Å². The van der Waals surface area contributed by atoms with E-state index in [1.165, 1.54) is 17.7 Å². The Labute approximate surface area is 142 Å². The molecule has 0 saturated carbocycles. The van der Waals surface area contributed by atoms with Crippen LogP contribution in [0.25, 0.3) is 0 Å². The lowest BCUT2D eigenvalue weighted by molar-refractivity contribution is 0.604. The summed E-state index contributed by atoms with van der Waals surface area (Å²) < 4.78 is 13.8. The van der Waals surface area contributed by atoms with Gasteiger partial charge in [-0.1, -0.05) is 29.8 Å². The molecule has 2 rings (SSSR count). The molecule has 0 aromatic heterocycles. The molecule has 0 unspecified atom stereocenters. The summed E-state index contributed by atoms with van der Waals surface area (Å²) in [5.74, 6) is 0.274. The van der Waals surface area contributed by atoms with Crippen LogP contribution in [0.15, 0.2) is 47.5 Å². The van der Waals surface area contributed by atoms with Gasteiger partial charge in [-0.15, -0.1) is 0 Å². The van der Waals surface area contributed by atoms with E-state index in [-0.39, 0.29) is 12.4 Å². The van der Waals surface area contributed by atoms with Crippen molar-refractivity contribution in [2.75, 3.05) is 6.54 Å². The lowest BCUT2D eigenvalue weighted by atomic mass is 10.1. The van der Waals surface area contributed by atoms with Gasteiger partial charge in [-0.05, 0) is 37.6 Å². The molecule has 0 aliphatic rings. The monoisotopic (exact) mass is 324 g/mol. The van der Waals surface area contributed by atoms with Crippen LogP contribution in [0.2, 0.25) is 0 Å². The highest BCUT2D eigenvalue weighted by Crippen LogP contribution is 2.10. The van der Waals surface area contributed by atoms with Crippen molar-refractivity contribution in [3.05, 3.63) is 70.5 Å². The Kier molecular flexibility index (Phi) is 6.32. The summed E-state index contributed by atoms with van der Waals surface area (Å²) in [6.07, 6.45) is 0. The Morgan fingerprint density at radius 1 is 1.17 bits per heavy atom. The van der Waals surface area contributed by atoms with E-state index < -0.39 is 0 Å². The minimum Gasteiger partial charge on any atom is -0.357 e. The zero-order valence-corrected chi connectivity index (χ0v) is 13.9. The number of hydrogen-bond acceptors (Lipinski definition) is 2. The predicted molar refractivity (Wildman–Crippen MR) is 93.9 cm³/mol. The molecular weight excluding hydrogens is 303 g/mol. The standard InChI is InChI=1S/C19H21FN4/c1-3-22-19(23-12-15-6-4-14(2)5-7-15)24-13-17-10-16(11-21)8-9-18(17)20/h4-10H,3,12-13H2,1-2H3,(H2,22,23,24). The quantitative estimate of drug-likeness (QED) is 0.655. The topological polar surface area (TPSA) is 60.2 Å². The molecule has 2 aromatic carbocycles. The number of hydrogen-bond donors (Lipinski definition) is 2. The number of nitrogens with zero attached hydrogens (tertiary/aromatic N) is 2. The van der Waals surface area contributed by atoms with E-state index in [1.807, 2.05) is 44.2 Å². The Balaban J connectivity index is 2.04. The van der Waals surface area contributed by atoms with Crippen LogP contribution in [0.3, 0.4) is 0 Å². The van der Waals surface area contributed by atoms with Crippen LogP contribution in [0, 0.1) is 24.1 Å². The second-order valence-electron chi connectivity index (χ2n) is 5.45. The van der Waals surface area contributed by atoms with Gasteiger partial charge in [-0.3, -0.25) is 0 Å². The zero-order chi connectivity index (χ0) is 17.4. The summed E-state index contributed by atoms with van der Waals surface area (Å²) in [4.78, 5) is 4.51. The van der Waals surface area contributed by atoms with Gasteiger partial charge < -0.3 is 10.6 Å². The van der Waals surface area contributed by atoms with Gasteiger partial charge in [0, 0.05) is 18.7 Å². The van der Waals surface area contributed by atoms with Crippen LogP contribution in [0.4, 0.5) is 4.39 Å². The van der Waals surface area contributed by atoms with Gasteiger partial charge in [-0.2, -0.15) is 5.26 Å². The number of nitriles is 1. The molecule has 0 aliphatic heterocycles. The van der Waals surface area contributed by atoms with Crippen LogP contribution < -0.4 is 10.6 Å². The third-order valence-electron chi connectivity index (χ3n) is 3.51. The van der Waals surface area contributed by atoms with E-state index >= 15 is 0 Å². The predicted octanol–water partition coefficient (Wildman–Crippen LogP) is 3.26. The fraction of sp³-hybridized carbons (Fsp3) is 0.263. The third-order valence-corrected chi connectivity index (χ3v) is 3.51. The first-order valence-corrected chi connectivity index (χ1v) is 7.88. The number of aryl methyl sites for hydroxylation is 1. The number of nitrogens with one attached hydrogen (secondary N) is 2. The SMILES string of the molecule is CCNC(=NCc1ccc(C)cc1)NCc1cc(C#N)ccc1F. The third kappa shape index (κ3) is 5.10. The Hall–Kier alpha value is -2.87. The molecule has 0 amide bonds. The molecule has 0 bridgehead atoms. The molecule has 0 spiro atoms. The van der Waals surface area contributed by atoms with E-state index in [2.05, 4.69) is 15.6 Å². The van der Waals surface area contributed by atoms with E-state index in [0.29, 0.717) is 30.2 Å². The molecule has 0 heterocycles. The van der Waals surface area contributed by atoms with Crippen molar-refractivity contribution in [2.45, 2.75) is 26.9 Å². The maximum Gasteiger partial charge on any atom is 0.191 e. The van der Waals surface area contributed by atoms with Gasteiger partial charge in [0.05, 0.1) is 18.2 Å². The first-order valence-electron chi connectivity index (χ1n) is 7.88. The van der Waals surface area contributed by atoms with Gasteiger partial charge >= 0.3 is 0 Å². The molecule has 0 atom stereocenters. The normalized spacial score (nSPS) is 11.0. The molecule has 2 N–H and O–H groups in total. The summed E-state index contributed by atoms with van der Waals surface area (Å²) in [5.41, 5.74) is 3.20. The highest BCUT2D eigenvalue weighted by Gasteiger charge is 2.05. The van der Waals surface area contributed by atoms with Crippen molar-refractivity contribution in [3.8, 4) is 6.07 Å². The summed E-state index contributed by atoms with van der Waals surface area (Å²) in [6, 6.07) is 14.5. The minimum absolute atomic E-state index is 0.265. The van der Waals surface area contributed by atoms with Crippen LogP contribution in [0.1, 0.15) is 29.2 Å². The average Bonchev–Trinajstić information content (AvgIpc) is 2.60. The summed E-state index contributed by atoms with van der Waals surface area (Å²) in [5, 5.41) is 15.1. The van der Waals surface area contributed by atoms with Crippen LogP contribution in [-0.2, 0) is 13.1 Å². The molecule has 24 heavy (non-hydrogen) atoms. The van der Waals surface area contributed by atoms with E-state index in [1.54, 1.807) is 6.07 Å². The molecular formula is C19H21FN4. The lowest BCUT2D eigenvalue weighted by Crippen LogP contribution is -2.37. The molecule has 0 fully saturated rings. The Bertz CT molecular complexity index is 745. The van der Waals surface area contributed by atoms with E-state index in [0.717, 1.165) is 5.56 Å². The number of guanidine groups is 1. The number of benzene rings is 2. The fourth-order valence-electron chi connectivity index (χ4n) is 2.16. The van der Waals surface area contributed by atoms with Crippen molar-refractivity contribution < 1.29 is 4.39 Å². The Morgan fingerprint density at radius 3 is 2.58 bits per heavy atom. The second-order valence-corrected chi connectivity index (χ2v) is 5.45. The van der Waals surface area contributed by atoms with Crippen molar-refractivity contribution in [3.63, 3.8) is 0 Å². The number of rotatable bonds is 5. The first-order chi connectivity index (χ1) is 11.6. The first kappa shape index (κ1) is 17.5. The maximum absolute atomic E-state index is 13.8. The molecule has 2 aromatic rings. The van der Waals surface area contributed by atoms with Crippen molar-refractivity contribution in [1.29, 1.82) is 5.26 Å². The summed E-state index contributed by atoms with van der Waals surface area (Å²) in [6.45, 7) is 5.53. The average molecular weight is 324 g/mol. The van der Waals surface area contributed by atoms with Gasteiger partial charge in [-0.25, -0.2) is 9.38 Å². The second kappa shape index (κ2) is 8.68. The Morgan fingerprint density at radius 2 is 1.92 bits per heavy atom. The molecule has 0 radical (unpaired) electrons. The zero-order valence-electron chi connectivity index (χ0n) is 13.9. The van der Waals surface area contributed by atoms with Gasteiger partial charge in [0.1, 0.15) is 5.82 Å². The smallest absolute Gasteiger partial charge is 0.191 e. The van der Waals surface area contributed by atoms with Crippen molar-refractivity contribution >= 4 is 5.96 Å². The fourth-order valence-corrected chi connectivity index (χ4v) is 2.16. The highest BCUT2D eigenvalue weighted by molar-refractivity contribution is 5.79. The molecule has 4 nitrogen and oxygen atoms in total. The summed E-state index contributed by atoms with van der Waals surface area (Å²) in [7, 11) is 0. The summed E-state index contributed by atoms with van der Waals surface area (Å²) >= 11 is 0. The van der Waals surface area contributed by atoms with E-state index in [4.69, 9.17) is 5.26 Å². The molecule has 0 aliphatic carbocycles. The molecule has 124 valence electrons. The van der Waals surface area contributed by atoms with Crippen LogP contribution in [0.5, 0.6) is 0 Å². The van der Waals surface area contributed by atoms with Crippen LogP contribution >= 0.6 is 0 Å². The highest BCUT2D eigenvalue weighted by atomic mass is 19.1. The molecule has 5 heteroatoms. The lowest BCUT2D eigenvalue weighted by Gasteiger charge is -2.12. The maximum atomic E-state index is 13.8. The van der Waals surface area contributed by atoms with Crippen LogP contribution in [-0.4, -0.2) is 12.5 Å². The van der Waals surface area contributed by atoms with E-state index in [9.17, 15) is 4.39 Å². The minimum atomic E-state index is -0.337. The number of aliphatic imine (C=N–C) groups is 1. The van der Waals surface area contributed by atoms with Crippen molar-refractivity contribution in [2.24, 2.45) is 4.99 Å². The van der Waals surface area contributed by atoms with Crippen molar-refractivity contribution in [1.82, 2.24) is 10.6 Å². The van der Waals surface area contributed by atoms with Gasteiger partial charge in [0.2, 0.25) is 0 Å². The number of halogens is 1. The molecule has 0 saturated heterocycles.